The van der Waals surface area contributed by atoms with E-state index >= 15 is 0 Å². The molecular weight excluding hydrogens is 1430 g/mol. The van der Waals surface area contributed by atoms with Gasteiger partial charge in [-0.1, -0.05) is 74.9 Å². The number of phenolic OH excluding ortho intramolecular Hbond substituents is 2. The number of primary amides is 1. The summed E-state index contributed by atoms with van der Waals surface area (Å²) >= 11 is 8.48. The van der Waals surface area contributed by atoms with Crippen LogP contribution in [0.3, 0.4) is 0 Å². The monoisotopic (exact) mass is 1530 g/mol. The summed E-state index contributed by atoms with van der Waals surface area (Å²) in [7, 11) is 0. The fourth-order valence-electron chi connectivity index (χ4n) is 12.3. The van der Waals surface area contributed by atoms with E-state index in [2.05, 4.69) is 89.1 Å². The van der Waals surface area contributed by atoms with Crippen LogP contribution in [0.15, 0.2) is 78.9 Å². The number of rotatable bonds is 40. The number of aliphatic carboxylic acids is 1. The number of nitrogens with zero attached hydrogens (tertiary/aromatic N) is 2. The summed E-state index contributed by atoms with van der Waals surface area (Å²) in [4.78, 5) is 208. The van der Waals surface area contributed by atoms with Crippen LogP contribution in [0.5, 0.6) is 11.5 Å². The fraction of sp³-hybridized carbons (Fsp3) is 0.529. The summed E-state index contributed by atoms with van der Waals surface area (Å²) in [5.74, 6) is -15.3. The van der Waals surface area contributed by atoms with E-state index in [0.29, 0.717) is 36.1 Å². The van der Waals surface area contributed by atoms with Gasteiger partial charge in [0, 0.05) is 50.3 Å². The number of carboxylic acids is 1. The van der Waals surface area contributed by atoms with Gasteiger partial charge in [0.1, 0.15) is 84.5 Å². The molecule has 19 N–H and O–H groups in total. The van der Waals surface area contributed by atoms with Gasteiger partial charge in [-0.3, -0.25) is 71.9 Å². The molecule has 0 radical (unpaired) electrons. The number of amides is 14. The van der Waals surface area contributed by atoms with Gasteiger partial charge in [0.2, 0.25) is 82.7 Å². The van der Waals surface area contributed by atoms with E-state index in [0.717, 1.165) is 13.3 Å². The molecule has 14 atom stereocenters. The predicted octanol–water partition coefficient (Wildman–Crippen LogP) is -4.92. The maximum absolute atomic E-state index is 14.9. The van der Waals surface area contributed by atoms with Gasteiger partial charge < -0.3 is 105 Å². The van der Waals surface area contributed by atoms with Gasteiger partial charge in [-0.15, -0.1) is 0 Å². The molecule has 0 saturated carbocycles. The Morgan fingerprint density at radius 3 is 1.52 bits per heavy atom. The Morgan fingerprint density at radius 1 is 0.523 bits per heavy atom. The van der Waals surface area contributed by atoms with Crippen molar-refractivity contribution in [1.82, 2.24) is 73.6 Å². The first kappa shape index (κ1) is 85.8. The topological polar surface area (TPSA) is 534 Å². The fourth-order valence-corrected chi connectivity index (χ4v) is 12.8. The Labute approximate surface area is 628 Å². The van der Waals surface area contributed by atoms with E-state index < -0.39 is 199 Å². The van der Waals surface area contributed by atoms with Crippen molar-refractivity contribution in [3.63, 3.8) is 0 Å². The third-order valence-electron chi connectivity index (χ3n) is 18.4. The van der Waals surface area contributed by atoms with Crippen molar-refractivity contribution in [2.75, 3.05) is 50.8 Å². The van der Waals surface area contributed by atoms with Crippen LogP contribution in [-0.2, 0) is 91.2 Å². The van der Waals surface area contributed by atoms with Gasteiger partial charge in [-0.2, -0.15) is 25.3 Å². The number of hydrogen-bond acceptors (Lipinski definition) is 22. The van der Waals surface area contributed by atoms with Crippen molar-refractivity contribution in [1.29, 1.82) is 0 Å². The van der Waals surface area contributed by atoms with Gasteiger partial charge >= 0.3 is 5.97 Å². The average Bonchev–Trinajstić information content (AvgIpc) is 1.70. The quantitative estimate of drug-likeness (QED) is 0.0237. The number of carbonyl (C=O) groups excluding carboxylic acids is 14. The molecule has 37 heteroatoms. The highest BCUT2D eigenvalue weighted by Gasteiger charge is 2.46. The van der Waals surface area contributed by atoms with Gasteiger partial charge in [-0.05, 0) is 105 Å². The summed E-state index contributed by atoms with van der Waals surface area (Å²) in [6.45, 7) is 2.84. The number of nitrogens with one attached hydrogen (secondary N) is 12. The zero-order valence-electron chi connectivity index (χ0n) is 59.5. The molecule has 0 aromatic heterocycles. The predicted molar refractivity (Wildman–Crippen MR) is 390 cm³/mol. The molecule has 6 rings (SSSR count). The molecule has 584 valence electrons. The van der Waals surface area contributed by atoms with E-state index in [1.165, 1.54) is 58.3 Å². The van der Waals surface area contributed by atoms with Crippen molar-refractivity contribution < 1.29 is 97.5 Å². The summed E-state index contributed by atoms with van der Waals surface area (Å²) in [6, 6.07) is 2.67. The second-order valence-electron chi connectivity index (χ2n) is 26.4. The zero-order valence-corrected chi connectivity index (χ0v) is 61.2. The largest absolute Gasteiger partial charge is 0.508 e. The van der Waals surface area contributed by atoms with Crippen LogP contribution in [-0.4, -0.2) is 253 Å². The smallest absolute Gasteiger partial charge is 0.322 e. The van der Waals surface area contributed by atoms with Gasteiger partial charge in [-0.25, -0.2) is 0 Å². The Kier molecular flexibility index (Phi) is 33.9. The number of phenols is 2. The van der Waals surface area contributed by atoms with Crippen LogP contribution in [0.2, 0.25) is 0 Å². The van der Waals surface area contributed by atoms with E-state index in [1.807, 2.05) is 0 Å². The summed E-state index contributed by atoms with van der Waals surface area (Å²) < 4.78 is 0. The molecule has 3 aromatic carbocycles. The number of nitrogens with two attached hydrogens (primary N) is 1. The second kappa shape index (κ2) is 42.3. The van der Waals surface area contributed by atoms with Crippen molar-refractivity contribution in [2.45, 2.75) is 176 Å². The molecule has 107 heavy (non-hydrogen) atoms. The summed E-state index contributed by atoms with van der Waals surface area (Å²) in [5, 5.41) is 81.0. The lowest BCUT2D eigenvalue weighted by molar-refractivity contribution is -0.149. The Hall–Kier alpha value is -10.1. The van der Waals surface area contributed by atoms with Crippen molar-refractivity contribution in [2.24, 2.45) is 11.7 Å². The van der Waals surface area contributed by atoms with Crippen LogP contribution in [0, 0.1) is 5.92 Å². The molecule has 3 aliphatic heterocycles. The average molecular weight is 1530 g/mol. The number of carboxylic acid groups (broad SMARTS) is 1. The molecular formula is C70H97N15O20S2. The molecule has 3 heterocycles. The normalized spacial score (nSPS) is 18.4. The summed E-state index contributed by atoms with van der Waals surface area (Å²) in [6.07, 6.45) is -0.723. The van der Waals surface area contributed by atoms with E-state index in [1.54, 1.807) is 44.2 Å². The SMILES string of the molecule is CC[C@H](C)[C@H](NC(=O)[C@H](CO)NC(=O)[C@H](Cc1ccc(O)cc1)NC(=O)[C@@H](NC(=O)[C@H](CS)NC(=O)[C@H](Cc1ccccc1)NC(=O)CNC(=O)[C@@H]1CCCN1)[C@@H](C)O)C(=O)N1CCC[C@H]1C(=O)N1CCC[C@H]1C(=O)N[C@@H](CCC(N)=O)C(=O)N[C@@H](CS)C(=O)N[C@@H](Cc1ccc(O)cc1)C(=O)NCC(=O)O. The Bertz CT molecular complexity index is 3630. The van der Waals surface area contributed by atoms with Crippen molar-refractivity contribution in [3.8, 4) is 11.5 Å². The third-order valence-corrected chi connectivity index (χ3v) is 19.2. The van der Waals surface area contributed by atoms with E-state index in [9.17, 15) is 97.5 Å². The third kappa shape index (κ3) is 26.1. The van der Waals surface area contributed by atoms with Crippen LogP contribution < -0.4 is 69.5 Å². The highest BCUT2D eigenvalue weighted by Crippen LogP contribution is 2.28. The Morgan fingerprint density at radius 2 is 1.00 bits per heavy atom. The Balaban J connectivity index is 1.12. The lowest BCUT2D eigenvalue weighted by Crippen LogP contribution is -2.63. The first-order chi connectivity index (χ1) is 50.9. The molecule has 3 aromatic rings. The zero-order chi connectivity index (χ0) is 78.6. The van der Waals surface area contributed by atoms with Crippen LogP contribution in [0.25, 0.3) is 0 Å². The molecule has 35 nitrogen and oxygen atoms in total. The molecule has 14 amide bonds. The first-order valence-electron chi connectivity index (χ1n) is 35.2. The number of likely N-dealkylation sites (tertiary alicyclic amines) is 2. The second-order valence-corrected chi connectivity index (χ2v) is 27.2. The van der Waals surface area contributed by atoms with Crippen molar-refractivity contribution in [3.05, 3.63) is 95.6 Å². The minimum atomic E-state index is -1.85. The molecule has 0 unspecified atom stereocenters. The van der Waals surface area contributed by atoms with Gasteiger partial charge in [0.25, 0.3) is 0 Å². The highest BCUT2D eigenvalue weighted by atomic mass is 32.1. The van der Waals surface area contributed by atoms with Crippen LogP contribution in [0.1, 0.15) is 95.2 Å². The standard InChI is InChI=1S/C70H97N15O20S2/c1-4-37(2)57(70(105)85-28-10-15-53(85)69(104)84-27-9-14-52(84)67(102)76-45(24-25-54(71)90)61(96)80-50(35-106)65(100)77-46(60(95)74-33-56(92)93)30-40-16-20-42(88)21-17-40)82-64(99)49(34-86)79-63(98)48(31-41-18-22-43(89)23-19-41)78-68(103)58(38(3)87)83-66(101)51(36-107)81-62(97)47(29-39-11-6-5-7-12-39)75-55(91)32-73-59(94)44-13-8-26-72-44/h5-7,11-12,16-23,37-38,44-53,57-58,72,86-89,106-107H,4,8-10,13-15,24-36H2,1-3H3,(H2,71,90)(H,73,94)(H,74,95)(H,75,91)(H,76,102)(H,77,100)(H,78,103)(H,79,98)(H,80,96)(H,81,97)(H,82,99)(H,83,101)(H,92,93)/t37-,38+,44-,45-,46-,47-,48-,49-,50-,51-,52-,53-,57-,58-/m0/s1. The van der Waals surface area contributed by atoms with Gasteiger partial charge in [0.05, 0.1) is 25.3 Å². The molecule has 3 saturated heterocycles. The minimum absolute atomic E-state index is 0.00970. The first-order valence-corrected chi connectivity index (χ1v) is 36.4. The van der Waals surface area contributed by atoms with E-state index in [4.69, 9.17) is 5.73 Å². The molecule has 3 aliphatic rings. The number of benzene rings is 3. The van der Waals surface area contributed by atoms with Crippen molar-refractivity contribution >= 4 is 114 Å². The lowest BCUT2D eigenvalue weighted by Gasteiger charge is -2.35. The minimum Gasteiger partial charge on any atom is -0.508 e. The molecule has 3 fully saturated rings. The number of thiol groups is 2. The van der Waals surface area contributed by atoms with Crippen LogP contribution in [0.4, 0.5) is 0 Å². The lowest BCUT2D eigenvalue weighted by atomic mass is 9.96. The number of hydrogen-bond donors (Lipinski definition) is 20. The number of carbonyl (C=O) groups is 15. The number of aromatic hydroxyl groups is 2. The van der Waals surface area contributed by atoms with Crippen LogP contribution >= 0.6 is 25.3 Å². The number of aliphatic hydroxyl groups is 2. The number of aliphatic hydroxyl groups excluding tert-OH is 2. The maximum Gasteiger partial charge on any atom is 0.322 e. The molecule has 0 spiro atoms. The molecule has 0 bridgehead atoms. The summed E-state index contributed by atoms with van der Waals surface area (Å²) in [5.41, 5.74) is 6.86. The highest BCUT2D eigenvalue weighted by molar-refractivity contribution is 7.80. The molecule has 0 aliphatic carbocycles. The van der Waals surface area contributed by atoms with Gasteiger partial charge in [0.15, 0.2) is 0 Å². The van der Waals surface area contributed by atoms with E-state index in [-0.39, 0.29) is 87.5 Å². The maximum atomic E-state index is 14.9.